The topological polar surface area (TPSA) is 116 Å². The fraction of sp³-hybridized carbons (Fsp3) is 0.300. The van der Waals surface area contributed by atoms with Crippen molar-refractivity contribution < 1.29 is 9.59 Å². The highest BCUT2D eigenvalue weighted by molar-refractivity contribution is 5.94. The Morgan fingerprint density at radius 2 is 2.35 bits per heavy atom. The first-order valence-electron chi connectivity index (χ1n) is 4.83. The minimum atomic E-state index is -0.764. The molecule has 0 aromatic carbocycles. The van der Waals surface area contributed by atoms with Crippen LogP contribution < -0.4 is 16.8 Å². The number of amides is 2. The molecule has 90 valence electrons. The first-order chi connectivity index (χ1) is 8.02. The van der Waals surface area contributed by atoms with Gasteiger partial charge >= 0.3 is 0 Å². The summed E-state index contributed by atoms with van der Waals surface area (Å²) in [6.45, 7) is -0.0493. The van der Waals surface area contributed by atoms with Crippen molar-refractivity contribution in [3.05, 3.63) is 12.4 Å². The van der Waals surface area contributed by atoms with E-state index in [4.69, 9.17) is 17.9 Å². The van der Waals surface area contributed by atoms with Crippen molar-refractivity contribution in [1.82, 2.24) is 9.78 Å². The van der Waals surface area contributed by atoms with Gasteiger partial charge in [0.2, 0.25) is 11.8 Å². The lowest BCUT2D eigenvalue weighted by Crippen LogP contribution is -2.35. The molecule has 1 atom stereocenters. The highest BCUT2D eigenvalue weighted by atomic mass is 16.2. The van der Waals surface area contributed by atoms with Crippen LogP contribution >= 0.6 is 0 Å². The molecule has 7 nitrogen and oxygen atoms in total. The highest BCUT2D eigenvalue weighted by Crippen LogP contribution is 2.05. The second-order valence-corrected chi connectivity index (χ2v) is 3.40. The van der Waals surface area contributed by atoms with Crippen LogP contribution in [0.25, 0.3) is 0 Å². The van der Waals surface area contributed by atoms with E-state index in [1.54, 1.807) is 0 Å². The molecule has 7 heteroatoms. The van der Waals surface area contributed by atoms with Gasteiger partial charge in [-0.05, 0) is 0 Å². The van der Waals surface area contributed by atoms with E-state index in [0.717, 1.165) is 0 Å². The van der Waals surface area contributed by atoms with Crippen molar-refractivity contribution in [2.24, 2.45) is 11.5 Å². The van der Waals surface area contributed by atoms with Gasteiger partial charge in [-0.2, -0.15) is 5.10 Å². The fourth-order valence-electron chi connectivity index (χ4n) is 1.13. The number of primary amides is 1. The number of anilines is 1. The first kappa shape index (κ1) is 12.7. The van der Waals surface area contributed by atoms with E-state index in [1.165, 1.54) is 17.1 Å². The number of nitrogens with zero attached hydrogens (tertiary/aromatic N) is 2. The second-order valence-electron chi connectivity index (χ2n) is 3.40. The van der Waals surface area contributed by atoms with Crippen LogP contribution in [0.2, 0.25) is 0 Å². The average molecular weight is 235 g/mol. The molecule has 0 aliphatic heterocycles. The molecule has 2 amide bonds. The molecule has 0 spiro atoms. The maximum atomic E-state index is 11.5. The molecule has 1 aromatic rings. The van der Waals surface area contributed by atoms with Gasteiger partial charge in [0, 0.05) is 12.6 Å². The number of aromatic nitrogens is 2. The van der Waals surface area contributed by atoms with Gasteiger partial charge in [-0.15, -0.1) is 12.3 Å². The monoisotopic (exact) mass is 235 g/mol. The summed E-state index contributed by atoms with van der Waals surface area (Å²) in [7, 11) is 0. The number of hydrogen-bond acceptors (Lipinski definition) is 4. The summed E-state index contributed by atoms with van der Waals surface area (Å²) >= 11 is 0. The van der Waals surface area contributed by atoms with E-state index in [2.05, 4.69) is 16.3 Å². The third-order valence-corrected chi connectivity index (χ3v) is 1.89. The molecular weight excluding hydrogens is 222 g/mol. The predicted molar refractivity (Wildman–Crippen MR) is 61.5 cm³/mol. The van der Waals surface area contributed by atoms with Crippen molar-refractivity contribution in [3.8, 4) is 12.3 Å². The Hall–Kier alpha value is -2.33. The van der Waals surface area contributed by atoms with Crippen molar-refractivity contribution in [2.45, 2.75) is 19.0 Å². The van der Waals surface area contributed by atoms with Crippen molar-refractivity contribution >= 4 is 17.5 Å². The van der Waals surface area contributed by atoms with Crippen LogP contribution in [0, 0.1) is 12.3 Å². The number of terminal acetylenes is 1. The third-order valence-electron chi connectivity index (χ3n) is 1.89. The molecular formula is C10H13N5O2. The van der Waals surface area contributed by atoms with Crippen LogP contribution in [0.15, 0.2) is 12.4 Å². The van der Waals surface area contributed by atoms with E-state index >= 15 is 0 Å². The van der Waals surface area contributed by atoms with Gasteiger partial charge in [-0.1, -0.05) is 0 Å². The minimum Gasteiger partial charge on any atom is -0.368 e. The zero-order valence-corrected chi connectivity index (χ0v) is 9.09. The summed E-state index contributed by atoms with van der Waals surface area (Å²) in [5, 5.41) is 6.36. The predicted octanol–water partition coefficient (Wildman–Crippen LogP) is -1.34. The Bertz CT molecular complexity index is 460. The van der Waals surface area contributed by atoms with Crippen LogP contribution in [0.5, 0.6) is 0 Å². The molecule has 0 saturated carbocycles. The maximum Gasteiger partial charge on any atom is 0.242 e. The number of nitrogens with two attached hydrogens (primary N) is 2. The van der Waals surface area contributed by atoms with Crippen LogP contribution in [0.1, 0.15) is 6.42 Å². The lowest BCUT2D eigenvalue weighted by atomic mass is 10.2. The average Bonchev–Trinajstić information content (AvgIpc) is 2.64. The quantitative estimate of drug-likeness (QED) is 0.547. The number of carbonyl (C=O) groups excluding carboxylic acids is 2. The molecule has 0 saturated heterocycles. The Morgan fingerprint density at radius 1 is 1.65 bits per heavy atom. The van der Waals surface area contributed by atoms with Crippen molar-refractivity contribution in [1.29, 1.82) is 0 Å². The summed E-state index contributed by atoms with van der Waals surface area (Å²) in [6, 6.07) is -0.764. The zero-order valence-electron chi connectivity index (χ0n) is 9.09. The molecule has 1 aromatic heterocycles. The van der Waals surface area contributed by atoms with E-state index in [0.29, 0.717) is 5.69 Å². The lowest BCUT2D eigenvalue weighted by Gasteiger charge is -2.07. The Morgan fingerprint density at radius 3 is 2.94 bits per heavy atom. The standard InChI is InChI=1S/C10H13N5O2/c1-2-3-8(11)10(17)14-7-4-13-15(5-7)6-9(12)16/h1,4-5,8H,3,6,11H2,(H2,12,16)(H,14,17). The van der Waals surface area contributed by atoms with E-state index in [1.807, 2.05) is 0 Å². The molecule has 1 rings (SSSR count). The summed E-state index contributed by atoms with van der Waals surface area (Å²) in [5.74, 6) is 1.38. The zero-order chi connectivity index (χ0) is 12.8. The summed E-state index contributed by atoms with van der Waals surface area (Å²) in [4.78, 5) is 22.1. The molecule has 17 heavy (non-hydrogen) atoms. The van der Waals surface area contributed by atoms with Gasteiger partial charge in [0.1, 0.15) is 6.54 Å². The van der Waals surface area contributed by atoms with Gasteiger partial charge in [0.15, 0.2) is 0 Å². The SMILES string of the molecule is C#CCC(N)C(=O)Nc1cnn(CC(N)=O)c1. The minimum absolute atomic E-state index is 0.0493. The summed E-state index contributed by atoms with van der Waals surface area (Å²) in [5.41, 5.74) is 10.9. The Kier molecular flexibility index (Phi) is 4.25. The highest BCUT2D eigenvalue weighted by Gasteiger charge is 2.13. The molecule has 1 heterocycles. The molecule has 0 bridgehead atoms. The second kappa shape index (κ2) is 5.67. The molecule has 5 N–H and O–H groups in total. The molecule has 0 aliphatic rings. The summed E-state index contributed by atoms with van der Waals surface area (Å²) in [6.07, 6.45) is 8.07. The number of rotatable bonds is 5. The van der Waals surface area contributed by atoms with E-state index < -0.39 is 17.9 Å². The summed E-state index contributed by atoms with van der Waals surface area (Å²) < 4.78 is 1.31. The van der Waals surface area contributed by atoms with E-state index in [-0.39, 0.29) is 13.0 Å². The Labute approximate surface area is 98.1 Å². The molecule has 0 aliphatic carbocycles. The van der Waals surface area contributed by atoms with Gasteiger partial charge in [-0.3, -0.25) is 14.3 Å². The van der Waals surface area contributed by atoms with Crippen LogP contribution in [0.4, 0.5) is 5.69 Å². The number of hydrogen-bond donors (Lipinski definition) is 3. The lowest BCUT2D eigenvalue weighted by molar-refractivity contribution is -0.119. The van der Waals surface area contributed by atoms with Gasteiger partial charge in [0.25, 0.3) is 0 Å². The number of nitrogens with one attached hydrogen (secondary N) is 1. The largest absolute Gasteiger partial charge is 0.368 e. The Balaban J connectivity index is 2.57. The van der Waals surface area contributed by atoms with Crippen LogP contribution in [-0.2, 0) is 16.1 Å². The van der Waals surface area contributed by atoms with Crippen LogP contribution in [-0.4, -0.2) is 27.6 Å². The van der Waals surface area contributed by atoms with Gasteiger partial charge in [0.05, 0.1) is 17.9 Å². The third kappa shape index (κ3) is 3.96. The molecule has 0 radical (unpaired) electrons. The smallest absolute Gasteiger partial charge is 0.242 e. The fourth-order valence-corrected chi connectivity index (χ4v) is 1.13. The number of carbonyl (C=O) groups is 2. The molecule has 1 unspecified atom stereocenters. The van der Waals surface area contributed by atoms with Gasteiger partial charge < -0.3 is 16.8 Å². The maximum absolute atomic E-state index is 11.5. The van der Waals surface area contributed by atoms with Gasteiger partial charge in [-0.25, -0.2) is 0 Å². The molecule has 0 fully saturated rings. The van der Waals surface area contributed by atoms with Crippen molar-refractivity contribution in [2.75, 3.05) is 5.32 Å². The van der Waals surface area contributed by atoms with Crippen LogP contribution in [0.3, 0.4) is 0 Å². The van der Waals surface area contributed by atoms with E-state index in [9.17, 15) is 9.59 Å². The van der Waals surface area contributed by atoms with Crippen molar-refractivity contribution in [3.63, 3.8) is 0 Å². The first-order valence-corrected chi connectivity index (χ1v) is 4.83. The normalized spacial score (nSPS) is 11.5.